The van der Waals surface area contributed by atoms with Gasteiger partial charge in [-0.15, -0.1) is 0 Å². The summed E-state index contributed by atoms with van der Waals surface area (Å²) in [6.07, 6.45) is 1.95. The van der Waals surface area contributed by atoms with Crippen molar-refractivity contribution in [2.45, 2.75) is 25.8 Å². The van der Waals surface area contributed by atoms with Crippen molar-refractivity contribution in [3.8, 4) is 5.75 Å². The molecule has 27 heavy (non-hydrogen) atoms. The highest BCUT2D eigenvalue weighted by molar-refractivity contribution is 6.08. The fourth-order valence-electron chi connectivity index (χ4n) is 2.57. The number of hydrogen-bond donors (Lipinski definition) is 2. The zero-order chi connectivity index (χ0) is 19.6. The number of benzene rings is 2. The molecule has 0 radical (unpaired) electrons. The molecule has 0 bridgehead atoms. The van der Waals surface area contributed by atoms with E-state index < -0.39 is 10.8 Å². The lowest BCUT2D eigenvalue weighted by Crippen LogP contribution is -2.25. The molecule has 1 fully saturated rings. The van der Waals surface area contributed by atoms with Gasteiger partial charge in [0.25, 0.3) is 17.5 Å². The summed E-state index contributed by atoms with van der Waals surface area (Å²) in [4.78, 5) is 35.5. The molecule has 0 unspecified atom stereocenters. The van der Waals surface area contributed by atoms with Crippen molar-refractivity contribution in [2.24, 2.45) is 0 Å². The van der Waals surface area contributed by atoms with Gasteiger partial charge in [-0.1, -0.05) is 6.07 Å². The summed E-state index contributed by atoms with van der Waals surface area (Å²) in [5, 5.41) is 16.8. The van der Waals surface area contributed by atoms with Crippen LogP contribution in [-0.2, 0) is 0 Å². The van der Waals surface area contributed by atoms with Crippen LogP contribution in [0.25, 0.3) is 0 Å². The number of carbonyl (C=O) groups excluding carboxylic acids is 2. The van der Waals surface area contributed by atoms with Gasteiger partial charge in [0.1, 0.15) is 11.3 Å². The van der Waals surface area contributed by atoms with Gasteiger partial charge in [0.2, 0.25) is 0 Å². The molecule has 2 aromatic rings. The highest BCUT2D eigenvalue weighted by Crippen LogP contribution is 2.26. The average Bonchev–Trinajstić information content (AvgIpc) is 3.46. The van der Waals surface area contributed by atoms with Crippen LogP contribution >= 0.6 is 0 Å². The Bertz CT molecular complexity index is 922. The van der Waals surface area contributed by atoms with Crippen molar-refractivity contribution >= 4 is 23.2 Å². The summed E-state index contributed by atoms with van der Waals surface area (Å²) < 4.78 is 4.98. The van der Waals surface area contributed by atoms with Gasteiger partial charge in [0.15, 0.2) is 0 Å². The molecule has 2 aromatic carbocycles. The van der Waals surface area contributed by atoms with Crippen molar-refractivity contribution in [1.82, 2.24) is 5.32 Å². The van der Waals surface area contributed by atoms with Crippen LogP contribution in [-0.4, -0.2) is 29.9 Å². The molecular weight excluding hydrogens is 350 g/mol. The Morgan fingerprint density at radius 3 is 2.52 bits per heavy atom. The molecule has 1 aliphatic rings. The van der Waals surface area contributed by atoms with E-state index in [0.717, 1.165) is 18.4 Å². The number of nitro groups is 1. The zero-order valence-corrected chi connectivity index (χ0v) is 14.9. The number of aryl methyl sites for hydroxylation is 1. The number of amides is 2. The molecule has 0 saturated heterocycles. The molecule has 3 rings (SSSR count). The monoisotopic (exact) mass is 369 g/mol. The first-order valence-electron chi connectivity index (χ1n) is 8.44. The Hall–Kier alpha value is -3.42. The number of nitro benzene ring substituents is 1. The molecule has 8 heteroatoms. The van der Waals surface area contributed by atoms with Crippen LogP contribution < -0.4 is 15.4 Å². The van der Waals surface area contributed by atoms with E-state index in [2.05, 4.69) is 10.6 Å². The second-order valence-corrected chi connectivity index (χ2v) is 6.37. The standard InChI is InChI=1S/C19H19N3O5/c1-11-3-4-12(18(23)20-13-5-6-13)9-16(11)21-19(24)15-8-7-14(27-2)10-17(15)22(25)26/h3-4,7-10,13H,5-6H2,1-2H3,(H,20,23)(H,21,24). The summed E-state index contributed by atoms with van der Waals surface area (Å²) in [5.41, 5.74) is 1.14. The molecule has 0 atom stereocenters. The Morgan fingerprint density at radius 1 is 1.15 bits per heavy atom. The maximum Gasteiger partial charge on any atom is 0.285 e. The van der Waals surface area contributed by atoms with Crippen molar-refractivity contribution < 1.29 is 19.2 Å². The highest BCUT2D eigenvalue weighted by atomic mass is 16.6. The minimum Gasteiger partial charge on any atom is -0.497 e. The van der Waals surface area contributed by atoms with E-state index in [4.69, 9.17) is 4.74 Å². The first-order valence-corrected chi connectivity index (χ1v) is 8.44. The number of nitrogens with one attached hydrogen (secondary N) is 2. The minimum absolute atomic E-state index is 0.0898. The SMILES string of the molecule is COc1ccc(C(=O)Nc2cc(C(=O)NC3CC3)ccc2C)c([N+](=O)[O-])c1. The van der Waals surface area contributed by atoms with Crippen LogP contribution in [0.1, 0.15) is 39.1 Å². The van der Waals surface area contributed by atoms with Gasteiger partial charge < -0.3 is 15.4 Å². The number of ether oxygens (including phenoxy) is 1. The summed E-state index contributed by atoms with van der Waals surface area (Å²) in [6.45, 7) is 1.78. The molecule has 8 nitrogen and oxygen atoms in total. The highest BCUT2D eigenvalue weighted by Gasteiger charge is 2.25. The largest absolute Gasteiger partial charge is 0.497 e. The van der Waals surface area contributed by atoms with Gasteiger partial charge in [-0.2, -0.15) is 0 Å². The van der Waals surface area contributed by atoms with E-state index in [9.17, 15) is 19.7 Å². The number of methoxy groups -OCH3 is 1. The van der Waals surface area contributed by atoms with Gasteiger partial charge in [-0.05, 0) is 49.6 Å². The van der Waals surface area contributed by atoms with E-state index in [-0.39, 0.29) is 28.9 Å². The van der Waals surface area contributed by atoms with Gasteiger partial charge in [-0.25, -0.2) is 0 Å². The third-order valence-corrected chi connectivity index (χ3v) is 4.31. The van der Waals surface area contributed by atoms with Crippen molar-refractivity contribution in [1.29, 1.82) is 0 Å². The minimum atomic E-state index is -0.635. The predicted octanol–water partition coefficient (Wildman–Crippen LogP) is 3.06. The maximum absolute atomic E-state index is 12.6. The topological polar surface area (TPSA) is 111 Å². The Labute approximate surface area is 155 Å². The first kappa shape index (κ1) is 18.4. The third kappa shape index (κ3) is 4.22. The van der Waals surface area contributed by atoms with Crippen LogP contribution in [0.2, 0.25) is 0 Å². The maximum atomic E-state index is 12.6. The van der Waals surface area contributed by atoms with Crippen LogP contribution in [0.3, 0.4) is 0 Å². The molecule has 140 valence electrons. The van der Waals surface area contributed by atoms with Crippen LogP contribution in [0, 0.1) is 17.0 Å². The molecule has 0 spiro atoms. The zero-order valence-electron chi connectivity index (χ0n) is 14.9. The lowest BCUT2D eigenvalue weighted by Gasteiger charge is -2.11. The fraction of sp³-hybridized carbons (Fsp3) is 0.263. The molecule has 1 aliphatic carbocycles. The second kappa shape index (κ2) is 7.45. The number of rotatable bonds is 6. The third-order valence-electron chi connectivity index (χ3n) is 4.31. The van der Waals surface area contributed by atoms with E-state index in [0.29, 0.717) is 11.3 Å². The van der Waals surface area contributed by atoms with Crippen molar-refractivity contribution in [3.05, 3.63) is 63.2 Å². The number of carbonyl (C=O) groups is 2. The normalized spacial score (nSPS) is 13.0. The van der Waals surface area contributed by atoms with Crippen LogP contribution in [0.5, 0.6) is 5.75 Å². The Balaban J connectivity index is 1.85. The van der Waals surface area contributed by atoms with Gasteiger partial charge in [0.05, 0.1) is 18.1 Å². The molecule has 2 amide bonds. The molecule has 0 aliphatic heterocycles. The summed E-state index contributed by atoms with van der Waals surface area (Å²) in [6, 6.07) is 9.21. The van der Waals surface area contributed by atoms with Gasteiger partial charge in [-0.3, -0.25) is 19.7 Å². The Morgan fingerprint density at radius 2 is 1.89 bits per heavy atom. The molecule has 1 saturated carbocycles. The van der Waals surface area contributed by atoms with E-state index >= 15 is 0 Å². The first-order chi connectivity index (χ1) is 12.9. The van der Waals surface area contributed by atoms with E-state index in [1.807, 2.05) is 0 Å². The quantitative estimate of drug-likeness (QED) is 0.600. The molecule has 0 aromatic heterocycles. The summed E-state index contributed by atoms with van der Waals surface area (Å²) >= 11 is 0. The summed E-state index contributed by atoms with van der Waals surface area (Å²) in [5.74, 6) is -0.552. The lowest BCUT2D eigenvalue weighted by atomic mass is 10.1. The Kier molecular flexibility index (Phi) is 5.07. The smallest absolute Gasteiger partial charge is 0.285 e. The fourth-order valence-corrected chi connectivity index (χ4v) is 2.57. The lowest BCUT2D eigenvalue weighted by molar-refractivity contribution is -0.385. The average molecular weight is 369 g/mol. The van der Waals surface area contributed by atoms with Crippen molar-refractivity contribution in [2.75, 3.05) is 12.4 Å². The van der Waals surface area contributed by atoms with E-state index in [1.54, 1.807) is 25.1 Å². The van der Waals surface area contributed by atoms with Gasteiger partial charge >= 0.3 is 0 Å². The van der Waals surface area contributed by atoms with E-state index in [1.165, 1.54) is 25.3 Å². The number of nitrogens with zero attached hydrogens (tertiary/aromatic N) is 1. The molecule has 0 heterocycles. The van der Waals surface area contributed by atoms with Crippen molar-refractivity contribution in [3.63, 3.8) is 0 Å². The summed E-state index contributed by atoms with van der Waals surface area (Å²) in [7, 11) is 1.39. The van der Waals surface area contributed by atoms with Crippen LogP contribution in [0.4, 0.5) is 11.4 Å². The number of anilines is 1. The second-order valence-electron chi connectivity index (χ2n) is 6.37. The number of hydrogen-bond acceptors (Lipinski definition) is 5. The van der Waals surface area contributed by atoms with Crippen LogP contribution in [0.15, 0.2) is 36.4 Å². The molecule has 2 N–H and O–H groups in total. The predicted molar refractivity (Wildman–Crippen MR) is 99.3 cm³/mol. The van der Waals surface area contributed by atoms with Gasteiger partial charge in [0, 0.05) is 17.3 Å². The molecular formula is C19H19N3O5.